The second-order valence-corrected chi connectivity index (χ2v) is 7.28. The highest BCUT2D eigenvalue weighted by Crippen LogP contribution is 2.33. The van der Waals surface area contributed by atoms with E-state index in [1.54, 1.807) is 24.3 Å². The Hall–Kier alpha value is -2.95. The van der Waals surface area contributed by atoms with Crippen molar-refractivity contribution in [2.45, 2.75) is 32.7 Å². The molecule has 0 saturated heterocycles. The van der Waals surface area contributed by atoms with Crippen LogP contribution in [0.15, 0.2) is 65.7 Å². The third kappa shape index (κ3) is 3.52. The number of rotatable bonds is 4. The van der Waals surface area contributed by atoms with Crippen molar-refractivity contribution in [1.29, 1.82) is 0 Å². The van der Waals surface area contributed by atoms with Crippen molar-refractivity contribution in [2.75, 3.05) is 0 Å². The number of carbonyl (C=O) groups excluding carboxylic acids is 2. The molecule has 3 rings (SSSR count). The lowest BCUT2D eigenvalue weighted by Crippen LogP contribution is -2.47. The molecule has 0 fully saturated rings. The Balaban J connectivity index is 2.00. The van der Waals surface area contributed by atoms with Gasteiger partial charge in [0.2, 0.25) is 5.90 Å². The number of benzene rings is 2. The zero-order valence-electron chi connectivity index (χ0n) is 15.1. The van der Waals surface area contributed by atoms with Gasteiger partial charge in [0.25, 0.3) is 5.54 Å². The zero-order chi connectivity index (χ0) is 18.8. The summed E-state index contributed by atoms with van der Waals surface area (Å²) in [5.41, 5.74) is -1.44. The van der Waals surface area contributed by atoms with Crippen LogP contribution < -0.4 is 4.74 Å². The van der Waals surface area contributed by atoms with Gasteiger partial charge in [-0.1, -0.05) is 69.3 Å². The fourth-order valence-corrected chi connectivity index (χ4v) is 2.62. The van der Waals surface area contributed by atoms with E-state index in [-0.39, 0.29) is 12.3 Å². The first kappa shape index (κ1) is 17.9. The van der Waals surface area contributed by atoms with Gasteiger partial charge in [-0.3, -0.25) is 0 Å². The minimum Gasteiger partial charge on any atom is -0.424 e. The van der Waals surface area contributed by atoms with Gasteiger partial charge in [-0.25, -0.2) is 14.6 Å². The van der Waals surface area contributed by atoms with E-state index in [2.05, 4.69) is 4.99 Å². The molecular weight excluding hydrogens is 330 g/mol. The summed E-state index contributed by atoms with van der Waals surface area (Å²) >= 11 is 0. The Bertz CT molecular complexity index is 837. The molecule has 5 heteroatoms. The summed E-state index contributed by atoms with van der Waals surface area (Å²) < 4.78 is 10.8. The van der Waals surface area contributed by atoms with Crippen molar-refractivity contribution in [1.82, 2.24) is 0 Å². The van der Waals surface area contributed by atoms with Crippen LogP contribution in [0.2, 0.25) is 0 Å². The van der Waals surface area contributed by atoms with E-state index in [0.29, 0.717) is 5.75 Å². The highest BCUT2D eigenvalue weighted by atomic mass is 16.6. The van der Waals surface area contributed by atoms with Crippen LogP contribution in [0.25, 0.3) is 0 Å². The molecule has 0 N–H and O–H groups in total. The van der Waals surface area contributed by atoms with E-state index in [9.17, 15) is 9.59 Å². The van der Waals surface area contributed by atoms with Crippen molar-refractivity contribution in [3.63, 3.8) is 0 Å². The van der Waals surface area contributed by atoms with Crippen LogP contribution in [0.5, 0.6) is 5.75 Å². The number of cyclic esters (lactones) is 1. The molecule has 0 aromatic heterocycles. The SMILES string of the molecule is CC(C)(C)C1=N[C@@](Cc2ccccc2)(C(=O)Oc2ccccc2)C(=O)O1. The minimum atomic E-state index is -1.74. The molecule has 134 valence electrons. The third-order valence-corrected chi connectivity index (χ3v) is 4.06. The minimum absolute atomic E-state index is 0.0813. The molecule has 1 aliphatic heterocycles. The van der Waals surface area contributed by atoms with Gasteiger partial charge in [-0.05, 0) is 17.7 Å². The summed E-state index contributed by atoms with van der Waals surface area (Å²) in [5.74, 6) is -0.843. The summed E-state index contributed by atoms with van der Waals surface area (Å²) in [5, 5.41) is 0. The molecule has 0 amide bonds. The fraction of sp³-hybridized carbons (Fsp3) is 0.286. The monoisotopic (exact) mass is 351 g/mol. The second kappa shape index (κ2) is 6.75. The maximum atomic E-state index is 13.0. The van der Waals surface area contributed by atoms with Gasteiger partial charge >= 0.3 is 11.9 Å². The summed E-state index contributed by atoms with van der Waals surface area (Å²) in [6, 6.07) is 17.9. The molecule has 0 radical (unpaired) electrons. The van der Waals surface area contributed by atoms with Gasteiger partial charge in [0.05, 0.1) is 0 Å². The predicted octanol–water partition coefficient (Wildman–Crippen LogP) is 3.57. The number of para-hydroxylation sites is 1. The Kier molecular flexibility index (Phi) is 4.64. The molecule has 0 bridgehead atoms. The van der Waals surface area contributed by atoms with Crippen LogP contribution in [-0.4, -0.2) is 23.4 Å². The maximum absolute atomic E-state index is 13.0. The summed E-state index contributed by atoms with van der Waals surface area (Å²) in [6.07, 6.45) is 0.0813. The van der Waals surface area contributed by atoms with Crippen LogP contribution in [0.3, 0.4) is 0 Å². The lowest BCUT2D eigenvalue weighted by atomic mass is 9.91. The molecule has 1 heterocycles. The molecule has 0 saturated carbocycles. The summed E-state index contributed by atoms with van der Waals surface area (Å²) in [7, 11) is 0. The average Bonchev–Trinajstić information content (AvgIpc) is 2.95. The van der Waals surface area contributed by atoms with E-state index >= 15 is 0 Å². The van der Waals surface area contributed by atoms with E-state index in [0.717, 1.165) is 5.56 Å². The number of ether oxygens (including phenoxy) is 2. The third-order valence-electron chi connectivity index (χ3n) is 4.06. The van der Waals surface area contributed by atoms with Crippen molar-refractivity contribution in [3.05, 3.63) is 66.2 Å². The van der Waals surface area contributed by atoms with Crippen molar-refractivity contribution in [2.24, 2.45) is 10.4 Å². The van der Waals surface area contributed by atoms with Crippen molar-refractivity contribution >= 4 is 17.8 Å². The predicted molar refractivity (Wildman–Crippen MR) is 97.9 cm³/mol. The first-order chi connectivity index (χ1) is 12.3. The molecule has 5 nitrogen and oxygen atoms in total. The van der Waals surface area contributed by atoms with Crippen LogP contribution in [0.4, 0.5) is 0 Å². The van der Waals surface area contributed by atoms with E-state index in [4.69, 9.17) is 9.47 Å². The number of nitrogens with zero attached hydrogens (tertiary/aromatic N) is 1. The highest BCUT2D eigenvalue weighted by molar-refractivity contribution is 6.15. The van der Waals surface area contributed by atoms with E-state index in [1.165, 1.54) is 0 Å². The molecule has 26 heavy (non-hydrogen) atoms. The lowest BCUT2D eigenvalue weighted by molar-refractivity contribution is -0.151. The fourth-order valence-electron chi connectivity index (χ4n) is 2.62. The smallest absolute Gasteiger partial charge is 0.352 e. The second-order valence-electron chi connectivity index (χ2n) is 7.28. The molecule has 1 aliphatic rings. The first-order valence-corrected chi connectivity index (χ1v) is 8.45. The van der Waals surface area contributed by atoms with Gasteiger partial charge in [0.1, 0.15) is 5.75 Å². The summed E-state index contributed by atoms with van der Waals surface area (Å²) in [6.45, 7) is 5.63. The molecule has 1 atom stereocenters. The Labute approximate surface area is 152 Å². The van der Waals surface area contributed by atoms with Crippen LogP contribution in [0.1, 0.15) is 26.3 Å². The van der Waals surface area contributed by atoms with E-state index in [1.807, 2.05) is 57.2 Å². The zero-order valence-corrected chi connectivity index (χ0v) is 15.1. The van der Waals surface area contributed by atoms with Gasteiger partial charge in [0, 0.05) is 11.8 Å². The molecular formula is C21H21NO4. The Morgan fingerprint density at radius 1 is 1.04 bits per heavy atom. The summed E-state index contributed by atoms with van der Waals surface area (Å²) in [4.78, 5) is 30.2. The first-order valence-electron chi connectivity index (χ1n) is 8.45. The Morgan fingerprint density at radius 2 is 1.62 bits per heavy atom. The molecule has 0 aliphatic carbocycles. The van der Waals surface area contributed by atoms with Gasteiger partial charge in [-0.2, -0.15) is 0 Å². The van der Waals surface area contributed by atoms with E-state index < -0.39 is 22.9 Å². The quantitative estimate of drug-likeness (QED) is 0.480. The number of esters is 2. The van der Waals surface area contributed by atoms with Crippen molar-refractivity contribution < 1.29 is 19.1 Å². The number of hydrogen-bond acceptors (Lipinski definition) is 5. The van der Waals surface area contributed by atoms with Crippen LogP contribution >= 0.6 is 0 Å². The normalized spacial score (nSPS) is 19.7. The van der Waals surface area contributed by atoms with Gasteiger partial charge in [-0.15, -0.1) is 0 Å². The highest BCUT2D eigenvalue weighted by Gasteiger charge is 2.55. The standard InChI is InChI=1S/C21H21NO4/c1-20(2,3)17-22-21(19(24)26-17,14-15-10-6-4-7-11-15)18(23)25-16-12-8-5-9-13-16/h4-13H,14H2,1-3H3/t21-/m0/s1. The molecule has 0 unspecified atom stereocenters. The molecule has 2 aromatic carbocycles. The lowest BCUT2D eigenvalue weighted by Gasteiger charge is -2.20. The van der Waals surface area contributed by atoms with Crippen molar-refractivity contribution in [3.8, 4) is 5.75 Å². The van der Waals surface area contributed by atoms with Crippen LogP contribution in [0, 0.1) is 5.41 Å². The largest absolute Gasteiger partial charge is 0.424 e. The average molecular weight is 351 g/mol. The number of carbonyl (C=O) groups is 2. The number of hydrogen-bond donors (Lipinski definition) is 0. The maximum Gasteiger partial charge on any atom is 0.352 e. The molecule has 0 spiro atoms. The van der Waals surface area contributed by atoms with Crippen LogP contribution in [-0.2, 0) is 20.7 Å². The molecule has 2 aromatic rings. The van der Waals surface area contributed by atoms with Gasteiger partial charge < -0.3 is 9.47 Å². The Morgan fingerprint density at radius 3 is 2.15 bits per heavy atom. The topological polar surface area (TPSA) is 65.0 Å². The number of aliphatic imine (C=N–C) groups is 1. The van der Waals surface area contributed by atoms with Gasteiger partial charge in [0.15, 0.2) is 0 Å².